The number of nitrogens with two attached hydrogens (primary N) is 1. The number of nitrogens with one attached hydrogen (secondary N) is 2. The van der Waals surface area contributed by atoms with E-state index < -0.39 is 0 Å². The molecule has 0 aromatic heterocycles. The normalized spacial score (nSPS) is 10.6. The number of hydrogen-bond acceptors (Lipinski definition) is 3. The highest BCUT2D eigenvalue weighted by Crippen LogP contribution is 2.27. The van der Waals surface area contributed by atoms with Gasteiger partial charge in [-0.15, -0.1) is 0 Å². The summed E-state index contributed by atoms with van der Waals surface area (Å²) in [6.45, 7) is 1.23. The molecule has 0 saturated heterocycles. The fraction of sp³-hybridized carbons (Fsp3) is 0.391. The summed E-state index contributed by atoms with van der Waals surface area (Å²) in [6.07, 6.45) is 3.92. The number of benzene rings is 2. The molecule has 0 radical (unpaired) electrons. The SMILES string of the molecule is NCCCCCC(=O)NCC(=O)NCCC(c1ccccc1)c1ccccc1. The van der Waals surface area contributed by atoms with Crippen LogP contribution < -0.4 is 16.4 Å². The zero-order chi connectivity index (χ0) is 20.0. The van der Waals surface area contributed by atoms with Crippen LogP contribution in [0.25, 0.3) is 0 Å². The molecule has 4 N–H and O–H groups in total. The fourth-order valence-electron chi connectivity index (χ4n) is 3.19. The van der Waals surface area contributed by atoms with Crippen molar-refractivity contribution < 1.29 is 9.59 Å². The van der Waals surface area contributed by atoms with Gasteiger partial charge in [-0.05, 0) is 36.9 Å². The van der Waals surface area contributed by atoms with Gasteiger partial charge in [0.25, 0.3) is 0 Å². The summed E-state index contributed by atoms with van der Waals surface area (Å²) < 4.78 is 0. The van der Waals surface area contributed by atoms with Gasteiger partial charge in [-0.2, -0.15) is 0 Å². The molecule has 0 fully saturated rings. The number of rotatable bonds is 12. The first-order chi connectivity index (χ1) is 13.7. The number of unbranched alkanes of at least 4 members (excludes halogenated alkanes) is 2. The van der Waals surface area contributed by atoms with E-state index in [1.165, 1.54) is 11.1 Å². The molecule has 0 saturated carbocycles. The minimum atomic E-state index is -0.157. The Kier molecular flexibility index (Phi) is 9.80. The van der Waals surface area contributed by atoms with Crippen molar-refractivity contribution in [3.05, 3.63) is 71.8 Å². The lowest BCUT2D eigenvalue weighted by Crippen LogP contribution is -2.37. The van der Waals surface area contributed by atoms with Crippen LogP contribution in [0.15, 0.2) is 60.7 Å². The Balaban J connectivity index is 1.76. The van der Waals surface area contributed by atoms with Gasteiger partial charge < -0.3 is 16.4 Å². The van der Waals surface area contributed by atoms with Crippen LogP contribution >= 0.6 is 0 Å². The van der Waals surface area contributed by atoms with Crippen molar-refractivity contribution in [1.82, 2.24) is 10.6 Å². The third-order valence-electron chi connectivity index (χ3n) is 4.71. The molecule has 0 spiro atoms. The lowest BCUT2D eigenvalue weighted by molar-refractivity contribution is -0.126. The predicted octanol–water partition coefficient (Wildman–Crippen LogP) is 2.96. The summed E-state index contributed by atoms with van der Waals surface area (Å²) in [4.78, 5) is 23.8. The second kappa shape index (κ2) is 12.7. The van der Waals surface area contributed by atoms with Gasteiger partial charge in [0.15, 0.2) is 0 Å². The first-order valence-corrected chi connectivity index (χ1v) is 10.0. The third-order valence-corrected chi connectivity index (χ3v) is 4.71. The van der Waals surface area contributed by atoms with Gasteiger partial charge in [-0.25, -0.2) is 0 Å². The maximum absolute atomic E-state index is 12.0. The molecule has 5 nitrogen and oxygen atoms in total. The van der Waals surface area contributed by atoms with Crippen molar-refractivity contribution in [2.24, 2.45) is 5.73 Å². The van der Waals surface area contributed by atoms with E-state index in [0.717, 1.165) is 25.7 Å². The minimum Gasteiger partial charge on any atom is -0.355 e. The van der Waals surface area contributed by atoms with E-state index in [9.17, 15) is 9.59 Å². The summed E-state index contributed by atoms with van der Waals surface area (Å²) >= 11 is 0. The Morgan fingerprint density at radius 2 is 1.39 bits per heavy atom. The molecule has 0 aliphatic rings. The first-order valence-electron chi connectivity index (χ1n) is 10.0. The van der Waals surface area contributed by atoms with Gasteiger partial charge >= 0.3 is 0 Å². The van der Waals surface area contributed by atoms with Crippen LogP contribution in [0.4, 0.5) is 0 Å². The van der Waals surface area contributed by atoms with E-state index in [4.69, 9.17) is 5.73 Å². The average Bonchev–Trinajstić information content (AvgIpc) is 2.74. The molecule has 0 atom stereocenters. The van der Waals surface area contributed by atoms with E-state index in [2.05, 4.69) is 34.9 Å². The lowest BCUT2D eigenvalue weighted by atomic mass is 9.88. The molecule has 150 valence electrons. The van der Waals surface area contributed by atoms with Crippen LogP contribution in [0.2, 0.25) is 0 Å². The minimum absolute atomic E-state index is 0.0249. The highest BCUT2D eigenvalue weighted by atomic mass is 16.2. The highest BCUT2D eigenvalue weighted by Gasteiger charge is 2.14. The molecular weight excluding hydrogens is 350 g/mol. The van der Waals surface area contributed by atoms with Gasteiger partial charge in [-0.1, -0.05) is 67.1 Å². The largest absolute Gasteiger partial charge is 0.355 e. The molecule has 0 heterocycles. The number of hydrogen-bond donors (Lipinski definition) is 3. The summed E-state index contributed by atoms with van der Waals surface area (Å²) in [5.74, 6) is -0.0198. The molecule has 0 bridgehead atoms. The van der Waals surface area contributed by atoms with E-state index in [1.807, 2.05) is 36.4 Å². The predicted molar refractivity (Wildman–Crippen MR) is 113 cm³/mol. The van der Waals surface area contributed by atoms with Crippen LogP contribution in [0.3, 0.4) is 0 Å². The molecule has 2 amide bonds. The van der Waals surface area contributed by atoms with Crippen LogP contribution in [-0.4, -0.2) is 31.4 Å². The maximum atomic E-state index is 12.0. The maximum Gasteiger partial charge on any atom is 0.239 e. The van der Waals surface area contributed by atoms with Crippen LogP contribution in [0.1, 0.15) is 49.1 Å². The van der Waals surface area contributed by atoms with Crippen molar-refractivity contribution in [2.75, 3.05) is 19.6 Å². The standard InChI is InChI=1S/C23H31N3O2/c24-16-9-3-8-14-22(27)26-18-23(28)25-17-15-21(19-10-4-1-5-11-19)20-12-6-2-7-13-20/h1-2,4-7,10-13,21H,3,8-9,14-18,24H2,(H,25,28)(H,26,27). The molecule has 0 aliphatic heterocycles. The van der Waals surface area contributed by atoms with Crippen LogP contribution in [-0.2, 0) is 9.59 Å². The van der Waals surface area contributed by atoms with Crippen molar-refractivity contribution in [1.29, 1.82) is 0 Å². The Bertz CT molecular complexity index is 665. The topological polar surface area (TPSA) is 84.2 Å². The number of carbonyl (C=O) groups excluding carboxylic acids is 2. The molecule has 28 heavy (non-hydrogen) atoms. The Labute approximate surface area is 167 Å². The Hall–Kier alpha value is -2.66. The van der Waals surface area contributed by atoms with Crippen molar-refractivity contribution in [3.8, 4) is 0 Å². The molecule has 0 unspecified atom stereocenters. The smallest absolute Gasteiger partial charge is 0.239 e. The van der Waals surface area contributed by atoms with E-state index in [0.29, 0.717) is 19.5 Å². The monoisotopic (exact) mass is 381 g/mol. The number of carbonyl (C=O) groups is 2. The van der Waals surface area contributed by atoms with Crippen molar-refractivity contribution >= 4 is 11.8 Å². The Morgan fingerprint density at radius 3 is 1.96 bits per heavy atom. The summed E-state index contributed by atoms with van der Waals surface area (Å²) in [5, 5.41) is 5.59. The van der Waals surface area contributed by atoms with E-state index >= 15 is 0 Å². The summed E-state index contributed by atoms with van der Waals surface area (Å²) in [7, 11) is 0. The molecule has 0 aliphatic carbocycles. The average molecular weight is 382 g/mol. The van der Waals surface area contributed by atoms with Gasteiger partial charge in [0.1, 0.15) is 0 Å². The van der Waals surface area contributed by atoms with E-state index in [-0.39, 0.29) is 24.3 Å². The van der Waals surface area contributed by atoms with Gasteiger partial charge in [-0.3, -0.25) is 9.59 Å². The molecule has 5 heteroatoms. The zero-order valence-corrected chi connectivity index (χ0v) is 16.4. The van der Waals surface area contributed by atoms with E-state index in [1.54, 1.807) is 0 Å². The quantitative estimate of drug-likeness (QED) is 0.494. The molecule has 2 aromatic rings. The van der Waals surface area contributed by atoms with Gasteiger partial charge in [0, 0.05) is 18.9 Å². The van der Waals surface area contributed by atoms with Crippen LogP contribution in [0.5, 0.6) is 0 Å². The highest BCUT2D eigenvalue weighted by molar-refractivity contribution is 5.84. The summed E-state index contributed by atoms with van der Waals surface area (Å²) in [6, 6.07) is 20.6. The zero-order valence-electron chi connectivity index (χ0n) is 16.4. The second-order valence-corrected chi connectivity index (χ2v) is 6.89. The first kappa shape index (κ1) is 21.6. The molecule has 2 rings (SSSR count). The van der Waals surface area contributed by atoms with Crippen LogP contribution in [0, 0.1) is 0 Å². The fourth-order valence-corrected chi connectivity index (χ4v) is 3.19. The molecule has 2 aromatic carbocycles. The Morgan fingerprint density at radius 1 is 0.786 bits per heavy atom. The van der Waals surface area contributed by atoms with Gasteiger partial charge in [0.2, 0.25) is 11.8 Å². The second-order valence-electron chi connectivity index (χ2n) is 6.89. The van der Waals surface area contributed by atoms with Crippen molar-refractivity contribution in [3.63, 3.8) is 0 Å². The number of amides is 2. The van der Waals surface area contributed by atoms with Gasteiger partial charge in [0.05, 0.1) is 6.54 Å². The molecular formula is C23H31N3O2. The van der Waals surface area contributed by atoms with Crippen molar-refractivity contribution in [2.45, 2.75) is 38.0 Å². The third kappa shape index (κ3) is 7.92. The summed E-state index contributed by atoms with van der Waals surface area (Å²) in [5.41, 5.74) is 7.89. The lowest BCUT2D eigenvalue weighted by Gasteiger charge is -2.18.